The van der Waals surface area contributed by atoms with E-state index in [2.05, 4.69) is 4.99 Å². The Labute approximate surface area is 185 Å². The number of benzene rings is 2. The predicted molar refractivity (Wildman–Crippen MR) is 116 cm³/mol. The number of likely N-dealkylation sites (N-methyl/N-ethyl adjacent to an activating group) is 1. The van der Waals surface area contributed by atoms with Crippen molar-refractivity contribution in [2.45, 2.75) is 20.0 Å². The normalized spacial score (nSPS) is 16.8. The number of halogens is 3. The highest BCUT2D eigenvalue weighted by Gasteiger charge is 2.34. The Balaban J connectivity index is 1.81. The molecule has 1 aliphatic rings. The average Bonchev–Trinajstić information content (AvgIpc) is 3.03. The molecule has 1 saturated heterocycles. The highest BCUT2D eigenvalue weighted by Crippen LogP contribution is 2.38. The van der Waals surface area contributed by atoms with Crippen LogP contribution in [0.1, 0.15) is 25.0 Å². The fourth-order valence-corrected chi connectivity index (χ4v) is 3.98. The van der Waals surface area contributed by atoms with Crippen molar-refractivity contribution in [3.63, 3.8) is 0 Å². The summed E-state index contributed by atoms with van der Waals surface area (Å²) in [7, 11) is 0. The van der Waals surface area contributed by atoms with Gasteiger partial charge in [-0.05, 0) is 61.5 Å². The van der Waals surface area contributed by atoms with Crippen LogP contribution in [0.2, 0.25) is 0 Å². The Bertz CT molecular complexity index is 1100. The number of carbonyl (C=O) groups excluding carboxylic acids is 1. The molecule has 1 heterocycles. The van der Waals surface area contributed by atoms with E-state index < -0.39 is 22.4 Å². The third-order valence-electron chi connectivity index (χ3n) is 4.39. The summed E-state index contributed by atoms with van der Waals surface area (Å²) in [6.07, 6.45) is -3.01. The van der Waals surface area contributed by atoms with Gasteiger partial charge in [0.15, 0.2) is 5.17 Å². The van der Waals surface area contributed by atoms with Gasteiger partial charge in [-0.2, -0.15) is 13.2 Å². The molecule has 2 aromatic rings. The van der Waals surface area contributed by atoms with E-state index >= 15 is 0 Å². The van der Waals surface area contributed by atoms with Crippen molar-refractivity contribution in [1.29, 1.82) is 0 Å². The van der Waals surface area contributed by atoms with Crippen LogP contribution in [0.25, 0.3) is 6.08 Å². The number of ether oxygens (including phenoxy) is 1. The topological polar surface area (TPSA) is 85.0 Å². The van der Waals surface area contributed by atoms with Crippen molar-refractivity contribution in [3.8, 4) is 11.5 Å². The monoisotopic (exact) mass is 465 g/mol. The van der Waals surface area contributed by atoms with E-state index in [9.17, 15) is 28.1 Å². The smallest absolute Gasteiger partial charge is 0.416 e. The zero-order chi connectivity index (χ0) is 23.5. The molecule has 0 spiro atoms. The zero-order valence-corrected chi connectivity index (χ0v) is 17.9. The molecule has 1 fully saturated rings. The van der Waals surface area contributed by atoms with Crippen LogP contribution < -0.4 is 4.74 Å². The molecule has 0 aliphatic carbocycles. The lowest BCUT2D eigenvalue weighted by molar-refractivity contribution is -0.385. The molecule has 0 saturated carbocycles. The second kappa shape index (κ2) is 9.43. The highest BCUT2D eigenvalue weighted by atomic mass is 32.2. The number of amidine groups is 1. The second-order valence-electron chi connectivity index (χ2n) is 6.53. The Hall–Kier alpha value is -3.34. The number of hydrogen-bond donors (Lipinski definition) is 0. The quantitative estimate of drug-likeness (QED) is 0.310. The summed E-state index contributed by atoms with van der Waals surface area (Å²) in [5.74, 6) is -0.260. The summed E-state index contributed by atoms with van der Waals surface area (Å²) < 4.78 is 44.0. The first-order valence-electron chi connectivity index (χ1n) is 9.53. The molecule has 0 N–H and O–H groups in total. The molecule has 1 aliphatic heterocycles. The van der Waals surface area contributed by atoms with Gasteiger partial charge in [0.1, 0.15) is 5.75 Å². The highest BCUT2D eigenvalue weighted by molar-refractivity contribution is 8.18. The fourth-order valence-electron chi connectivity index (χ4n) is 2.87. The van der Waals surface area contributed by atoms with Crippen LogP contribution in [-0.2, 0) is 11.0 Å². The summed E-state index contributed by atoms with van der Waals surface area (Å²) in [4.78, 5) is 29.2. The van der Waals surface area contributed by atoms with Crippen LogP contribution in [0, 0.1) is 10.1 Å². The third kappa shape index (κ3) is 5.10. The van der Waals surface area contributed by atoms with E-state index in [-0.39, 0.29) is 17.4 Å². The standard InChI is InChI=1S/C21H18F3N3O4S/c1-3-25-20-26(4-2)19(28)18(32-20)11-13-5-8-15(9-6-13)31-17-10-7-14(21(22,23)24)12-16(17)27(29)30/h5-12H,3-4H2,1-2H3/b18-11-,25-20?. The summed E-state index contributed by atoms with van der Waals surface area (Å²) >= 11 is 1.28. The molecule has 0 radical (unpaired) electrons. The number of rotatable bonds is 6. The van der Waals surface area contributed by atoms with Gasteiger partial charge in [0, 0.05) is 19.2 Å². The molecular weight excluding hydrogens is 447 g/mol. The van der Waals surface area contributed by atoms with Crippen molar-refractivity contribution < 1.29 is 27.6 Å². The molecule has 11 heteroatoms. The minimum atomic E-state index is -4.71. The molecule has 2 aromatic carbocycles. The van der Waals surface area contributed by atoms with Gasteiger partial charge in [0.25, 0.3) is 5.91 Å². The van der Waals surface area contributed by atoms with Crippen LogP contribution in [-0.4, -0.2) is 34.0 Å². The number of aliphatic imine (C=N–C) groups is 1. The van der Waals surface area contributed by atoms with Gasteiger partial charge in [0.2, 0.25) is 5.75 Å². The van der Waals surface area contributed by atoms with Crippen molar-refractivity contribution in [3.05, 3.63) is 68.6 Å². The van der Waals surface area contributed by atoms with E-state index in [0.29, 0.717) is 34.8 Å². The maximum absolute atomic E-state index is 12.8. The van der Waals surface area contributed by atoms with E-state index in [0.717, 1.165) is 12.1 Å². The van der Waals surface area contributed by atoms with Gasteiger partial charge in [-0.1, -0.05) is 12.1 Å². The number of nitro groups is 1. The van der Waals surface area contributed by atoms with Gasteiger partial charge in [-0.3, -0.25) is 24.8 Å². The maximum atomic E-state index is 12.8. The van der Waals surface area contributed by atoms with Gasteiger partial charge >= 0.3 is 11.9 Å². The van der Waals surface area contributed by atoms with Crippen LogP contribution in [0.3, 0.4) is 0 Å². The molecule has 0 atom stereocenters. The van der Waals surface area contributed by atoms with Gasteiger partial charge < -0.3 is 4.74 Å². The Morgan fingerprint density at radius 3 is 2.44 bits per heavy atom. The molecule has 32 heavy (non-hydrogen) atoms. The van der Waals surface area contributed by atoms with Gasteiger partial charge in [-0.15, -0.1) is 0 Å². The van der Waals surface area contributed by atoms with Crippen molar-refractivity contribution in [1.82, 2.24) is 4.90 Å². The number of hydrogen-bond acceptors (Lipinski definition) is 6. The Kier molecular flexibility index (Phi) is 6.87. The van der Waals surface area contributed by atoms with Crippen molar-refractivity contribution in [2.75, 3.05) is 13.1 Å². The van der Waals surface area contributed by atoms with Crippen LogP contribution in [0.15, 0.2) is 52.4 Å². The minimum Gasteiger partial charge on any atom is -0.450 e. The first-order chi connectivity index (χ1) is 15.1. The molecule has 3 rings (SSSR count). The maximum Gasteiger partial charge on any atom is 0.416 e. The van der Waals surface area contributed by atoms with E-state index in [1.807, 2.05) is 13.8 Å². The lowest BCUT2D eigenvalue weighted by atomic mass is 10.1. The SMILES string of the molecule is CCN=C1S/C(=C\c2ccc(Oc3ccc(C(F)(F)F)cc3[N+](=O)[O-])cc2)C(=O)N1CC. The lowest BCUT2D eigenvalue weighted by Gasteiger charge is -2.11. The number of nitrogens with zero attached hydrogens (tertiary/aromatic N) is 3. The minimum absolute atomic E-state index is 0.148. The number of alkyl halides is 3. The number of carbonyl (C=O) groups is 1. The molecule has 7 nitrogen and oxygen atoms in total. The number of amides is 1. The molecule has 0 unspecified atom stereocenters. The summed E-state index contributed by atoms with van der Waals surface area (Å²) in [6.45, 7) is 4.80. The summed E-state index contributed by atoms with van der Waals surface area (Å²) in [5, 5.41) is 11.8. The molecular formula is C21H18F3N3O4S. The summed E-state index contributed by atoms with van der Waals surface area (Å²) in [5.41, 5.74) is -1.24. The first kappa shape index (κ1) is 23.3. The Morgan fingerprint density at radius 1 is 1.19 bits per heavy atom. The largest absolute Gasteiger partial charge is 0.450 e. The van der Waals surface area contributed by atoms with Crippen molar-refractivity contribution >= 4 is 34.6 Å². The average molecular weight is 465 g/mol. The number of thioether (sulfide) groups is 1. The predicted octanol–water partition coefficient (Wildman–Crippen LogP) is 5.72. The lowest BCUT2D eigenvalue weighted by Crippen LogP contribution is -2.28. The Morgan fingerprint density at radius 2 is 1.88 bits per heavy atom. The summed E-state index contributed by atoms with van der Waals surface area (Å²) in [6, 6.07) is 8.37. The number of nitro benzene ring substituents is 1. The van der Waals surface area contributed by atoms with Gasteiger partial charge in [-0.25, -0.2) is 0 Å². The molecule has 0 bridgehead atoms. The van der Waals surface area contributed by atoms with Gasteiger partial charge in [0.05, 0.1) is 15.4 Å². The molecule has 1 amide bonds. The van der Waals surface area contributed by atoms with E-state index in [1.165, 1.54) is 23.9 Å². The molecule has 0 aromatic heterocycles. The second-order valence-corrected chi connectivity index (χ2v) is 7.53. The molecule has 168 valence electrons. The van der Waals surface area contributed by atoms with Crippen LogP contribution >= 0.6 is 11.8 Å². The van der Waals surface area contributed by atoms with E-state index in [1.54, 1.807) is 23.1 Å². The third-order valence-corrected chi connectivity index (χ3v) is 5.43. The van der Waals surface area contributed by atoms with E-state index in [4.69, 9.17) is 4.74 Å². The first-order valence-corrected chi connectivity index (χ1v) is 10.3. The van der Waals surface area contributed by atoms with Crippen molar-refractivity contribution in [2.24, 2.45) is 4.99 Å². The van der Waals surface area contributed by atoms with Crippen LogP contribution in [0.5, 0.6) is 11.5 Å². The zero-order valence-electron chi connectivity index (χ0n) is 17.0. The van der Waals surface area contributed by atoms with Crippen LogP contribution in [0.4, 0.5) is 18.9 Å². The fraction of sp³-hybridized carbons (Fsp3) is 0.238.